The third-order valence-corrected chi connectivity index (χ3v) is 8.18. The second-order valence-corrected chi connectivity index (χ2v) is 11.6. The van der Waals surface area contributed by atoms with E-state index in [1.165, 1.54) is 11.1 Å². The first-order valence-corrected chi connectivity index (χ1v) is 14.2. The van der Waals surface area contributed by atoms with Gasteiger partial charge in [0.25, 0.3) is 5.91 Å². The molecule has 1 saturated heterocycles. The van der Waals surface area contributed by atoms with Gasteiger partial charge in [-0.25, -0.2) is 4.98 Å². The number of fused-ring (bicyclic) bond motifs is 1. The molecule has 206 valence electrons. The number of nitrogens with one attached hydrogen (secondary N) is 1. The largest absolute Gasteiger partial charge is 0.355 e. The van der Waals surface area contributed by atoms with Crippen LogP contribution in [0.2, 0.25) is 0 Å². The van der Waals surface area contributed by atoms with Gasteiger partial charge in [0.1, 0.15) is 5.82 Å². The zero-order valence-electron chi connectivity index (χ0n) is 24.3. The average Bonchev–Trinajstić information content (AvgIpc) is 3.10. The van der Waals surface area contributed by atoms with Gasteiger partial charge in [-0.3, -0.25) is 9.79 Å². The van der Waals surface area contributed by atoms with Gasteiger partial charge >= 0.3 is 0 Å². The number of nitrogens with zero attached hydrogens (tertiary/aromatic N) is 5. The molecule has 0 aliphatic carbocycles. The number of carbonyl (C=O) groups excluding carboxylic acids is 1. The molecule has 1 aromatic carbocycles. The maximum Gasteiger partial charge on any atom is 0.252 e. The van der Waals surface area contributed by atoms with E-state index in [1.807, 2.05) is 12.3 Å². The molecule has 0 spiro atoms. The van der Waals surface area contributed by atoms with E-state index in [0.717, 1.165) is 78.1 Å². The van der Waals surface area contributed by atoms with Crippen molar-refractivity contribution < 1.29 is 4.79 Å². The van der Waals surface area contributed by atoms with E-state index < -0.39 is 0 Å². The summed E-state index contributed by atoms with van der Waals surface area (Å²) in [6.07, 6.45) is 6.15. The SMILES string of the molecule is CC1=NCC(CNC(=O)c2cc(-c3ccc(N4CCCN(C)CC4)nc3)cc3c2c(C)cn3C(C)C)=C(C)C1. The molecule has 39 heavy (non-hydrogen) atoms. The second kappa shape index (κ2) is 11.3. The number of anilines is 1. The number of carbonyl (C=O) groups is 1. The molecular formula is C32H42N6O. The number of allylic oxidation sites excluding steroid dienone is 1. The number of hydrogen-bond acceptors (Lipinski definition) is 5. The zero-order chi connectivity index (χ0) is 27.7. The fourth-order valence-electron chi connectivity index (χ4n) is 5.80. The number of aryl methyl sites for hydroxylation is 1. The van der Waals surface area contributed by atoms with Crippen LogP contribution < -0.4 is 10.2 Å². The van der Waals surface area contributed by atoms with Gasteiger partial charge in [-0.1, -0.05) is 5.57 Å². The van der Waals surface area contributed by atoms with Crippen LogP contribution in [0.5, 0.6) is 0 Å². The van der Waals surface area contributed by atoms with Crippen molar-refractivity contribution in [2.45, 2.75) is 53.5 Å². The molecule has 5 rings (SSSR count). The number of pyridine rings is 1. The third-order valence-electron chi connectivity index (χ3n) is 8.18. The maximum atomic E-state index is 13.7. The lowest BCUT2D eigenvalue weighted by Crippen LogP contribution is -2.29. The fraction of sp³-hybridized carbons (Fsp3) is 0.469. The number of dihydropyridines is 1. The summed E-state index contributed by atoms with van der Waals surface area (Å²) in [7, 11) is 2.18. The van der Waals surface area contributed by atoms with Gasteiger partial charge in [0, 0.05) is 78.8 Å². The molecule has 3 aromatic rings. The molecule has 2 aromatic heterocycles. The second-order valence-electron chi connectivity index (χ2n) is 11.6. The number of amides is 1. The highest BCUT2D eigenvalue weighted by Gasteiger charge is 2.20. The molecule has 0 bridgehead atoms. The molecular weight excluding hydrogens is 484 g/mol. The lowest BCUT2D eigenvalue weighted by atomic mass is 9.98. The van der Waals surface area contributed by atoms with Crippen molar-refractivity contribution in [3.05, 3.63) is 58.9 Å². The number of likely N-dealkylation sites (N-methyl/N-ethyl adjacent to an activating group) is 1. The lowest BCUT2D eigenvalue weighted by molar-refractivity contribution is 0.0958. The number of benzene rings is 1. The zero-order valence-corrected chi connectivity index (χ0v) is 24.3. The molecule has 0 saturated carbocycles. The van der Waals surface area contributed by atoms with Crippen LogP contribution in [-0.4, -0.2) is 72.4 Å². The van der Waals surface area contributed by atoms with E-state index in [2.05, 4.69) is 90.7 Å². The minimum absolute atomic E-state index is 0.0451. The summed E-state index contributed by atoms with van der Waals surface area (Å²) >= 11 is 0. The van der Waals surface area contributed by atoms with Crippen LogP contribution in [0, 0.1) is 6.92 Å². The quantitative estimate of drug-likeness (QED) is 0.422. The number of rotatable bonds is 6. The molecule has 1 N–H and O–H groups in total. The first-order chi connectivity index (χ1) is 18.7. The Labute approximate surface area is 232 Å². The smallest absolute Gasteiger partial charge is 0.252 e. The van der Waals surface area contributed by atoms with E-state index in [-0.39, 0.29) is 11.9 Å². The molecule has 4 heterocycles. The van der Waals surface area contributed by atoms with Gasteiger partial charge in [0.05, 0.1) is 6.54 Å². The lowest BCUT2D eigenvalue weighted by Gasteiger charge is -2.21. The standard InChI is InChI=1S/C32H42N6O/c1-21(2)38-20-23(4)31-28(32(39)35-19-27-18-33-24(5)14-22(27)3)15-26(16-29(31)38)25-8-9-30(34-17-25)37-11-7-10-36(6)12-13-37/h8-9,15-17,20-21H,7,10-14,18-19H2,1-6H3,(H,35,39). The van der Waals surface area contributed by atoms with Crippen molar-refractivity contribution in [3.63, 3.8) is 0 Å². The van der Waals surface area contributed by atoms with Crippen LogP contribution in [0.4, 0.5) is 5.82 Å². The van der Waals surface area contributed by atoms with Crippen LogP contribution >= 0.6 is 0 Å². The minimum atomic E-state index is -0.0451. The molecule has 2 aliphatic heterocycles. The van der Waals surface area contributed by atoms with Crippen molar-refractivity contribution in [3.8, 4) is 11.1 Å². The van der Waals surface area contributed by atoms with Gasteiger partial charge in [0.2, 0.25) is 0 Å². The summed E-state index contributed by atoms with van der Waals surface area (Å²) in [5, 5.41) is 4.23. The van der Waals surface area contributed by atoms with Crippen LogP contribution in [0.25, 0.3) is 22.0 Å². The summed E-state index contributed by atoms with van der Waals surface area (Å²) in [5.41, 5.74) is 8.62. The maximum absolute atomic E-state index is 13.7. The fourth-order valence-corrected chi connectivity index (χ4v) is 5.80. The Kier molecular flexibility index (Phi) is 7.89. The van der Waals surface area contributed by atoms with Crippen LogP contribution in [0.3, 0.4) is 0 Å². The minimum Gasteiger partial charge on any atom is -0.355 e. The highest BCUT2D eigenvalue weighted by molar-refractivity contribution is 6.09. The topological polar surface area (TPSA) is 65.8 Å². The monoisotopic (exact) mass is 526 g/mol. The number of aromatic nitrogens is 2. The van der Waals surface area contributed by atoms with Crippen molar-refractivity contribution in [1.82, 2.24) is 19.8 Å². The molecule has 2 aliphatic rings. The van der Waals surface area contributed by atoms with E-state index in [0.29, 0.717) is 18.7 Å². The van der Waals surface area contributed by atoms with Gasteiger partial charge in [-0.2, -0.15) is 0 Å². The summed E-state index contributed by atoms with van der Waals surface area (Å²) < 4.78 is 2.27. The normalized spacial score (nSPS) is 17.1. The predicted molar refractivity (Wildman–Crippen MR) is 162 cm³/mol. The Bertz CT molecular complexity index is 1430. The van der Waals surface area contributed by atoms with Gasteiger partial charge < -0.3 is 19.7 Å². The first-order valence-electron chi connectivity index (χ1n) is 14.2. The highest BCUT2D eigenvalue weighted by Crippen LogP contribution is 2.33. The summed E-state index contributed by atoms with van der Waals surface area (Å²) in [6, 6.07) is 8.80. The molecule has 7 nitrogen and oxygen atoms in total. The Morgan fingerprint density at radius 3 is 2.59 bits per heavy atom. The Balaban J connectivity index is 1.47. The number of hydrogen-bond donors (Lipinski definition) is 1. The van der Waals surface area contributed by atoms with Crippen LogP contribution in [0.1, 0.15) is 62.5 Å². The average molecular weight is 527 g/mol. The van der Waals surface area contributed by atoms with E-state index in [4.69, 9.17) is 4.98 Å². The molecule has 1 amide bonds. The van der Waals surface area contributed by atoms with E-state index in [1.54, 1.807) is 0 Å². The van der Waals surface area contributed by atoms with E-state index >= 15 is 0 Å². The molecule has 1 fully saturated rings. The van der Waals surface area contributed by atoms with Crippen molar-refractivity contribution in [2.24, 2.45) is 4.99 Å². The van der Waals surface area contributed by atoms with Crippen molar-refractivity contribution >= 4 is 28.3 Å². The molecule has 7 heteroatoms. The molecule has 0 unspecified atom stereocenters. The highest BCUT2D eigenvalue weighted by atomic mass is 16.1. The van der Waals surface area contributed by atoms with Gasteiger partial charge in [0.15, 0.2) is 0 Å². The summed E-state index contributed by atoms with van der Waals surface area (Å²) in [4.78, 5) is 27.9. The first kappa shape index (κ1) is 27.1. The summed E-state index contributed by atoms with van der Waals surface area (Å²) in [5.74, 6) is 0.972. The van der Waals surface area contributed by atoms with Gasteiger partial charge in [-0.15, -0.1) is 0 Å². The predicted octanol–water partition coefficient (Wildman–Crippen LogP) is 5.65. The molecule has 0 radical (unpaired) electrons. The number of aliphatic imine (C=N–C) groups is 1. The molecule has 0 atom stereocenters. The van der Waals surface area contributed by atoms with Crippen molar-refractivity contribution in [1.29, 1.82) is 0 Å². The Hall–Kier alpha value is -3.45. The Morgan fingerprint density at radius 1 is 1.05 bits per heavy atom. The summed E-state index contributed by atoms with van der Waals surface area (Å²) in [6.45, 7) is 16.0. The third kappa shape index (κ3) is 5.78. The Morgan fingerprint density at radius 2 is 1.87 bits per heavy atom. The van der Waals surface area contributed by atoms with Gasteiger partial charge in [-0.05, 0) is 95.6 Å². The van der Waals surface area contributed by atoms with Crippen LogP contribution in [0.15, 0.2) is 52.8 Å². The van der Waals surface area contributed by atoms with E-state index in [9.17, 15) is 4.79 Å². The van der Waals surface area contributed by atoms with Crippen LogP contribution in [-0.2, 0) is 0 Å². The van der Waals surface area contributed by atoms with Crippen molar-refractivity contribution in [2.75, 3.05) is 51.2 Å².